The third-order valence-corrected chi connectivity index (χ3v) is 3.80. The molecule has 0 spiro atoms. The van der Waals surface area contributed by atoms with Gasteiger partial charge in [-0.3, -0.25) is 0 Å². The van der Waals surface area contributed by atoms with Gasteiger partial charge in [-0.1, -0.05) is 0 Å². The topological polar surface area (TPSA) is 25.2 Å². The Morgan fingerprint density at radius 3 is 2.40 bits per heavy atom. The molecule has 0 aliphatic heterocycles. The average Bonchev–Trinajstić information content (AvgIpc) is 2.77. The first kappa shape index (κ1) is 15.4. The summed E-state index contributed by atoms with van der Waals surface area (Å²) in [6.45, 7) is 1.80. The fourth-order valence-corrected chi connectivity index (χ4v) is 2.36. The number of anilines is 1. The minimum atomic E-state index is -4.37. The van der Waals surface area contributed by atoms with Crippen LogP contribution in [0.3, 0.4) is 0 Å². The van der Waals surface area contributed by atoms with E-state index < -0.39 is 11.7 Å². The highest BCUT2D eigenvalue weighted by Gasteiger charge is 2.31. The molecule has 7 heteroatoms. The lowest BCUT2D eigenvalue weighted by Gasteiger charge is -2.16. The molecule has 108 valence electrons. The lowest BCUT2D eigenvalue weighted by molar-refractivity contribution is -0.137. The summed E-state index contributed by atoms with van der Waals surface area (Å²) >= 11 is 6.42. The first-order valence-corrected chi connectivity index (χ1v) is 7.24. The number of alkyl halides is 3. The summed E-state index contributed by atoms with van der Waals surface area (Å²) in [5.74, 6) is 0.626. The Labute approximate surface area is 130 Å². The lowest BCUT2D eigenvalue weighted by Crippen LogP contribution is -2.09. The maximum absolute atomic E-state index is 12.7. The highest BCUT2D eigenvalue weighted by Crippen LogP contribution is 2.35. The van der Waals surface area contributed by atoms with Crippen molar-refractivity contribution < 1.29 is 17.6 Å². The van der Waals surface area contributed by atoms with Crippen LogP contribution in [0.2, 0.25) is 0 Å². The molecule has 2 aromatic rings. The lowest BCUT2D eigenvalue weighted by atomic mass is 10.1. The Bertz CT molecular complexity index is 610. The molecule has 0 saturated carbocycles. The van der Waals surface area contributed by atoms with Crippen LogP contribution in [0.25, 0.3) is 0 Å². The van der Waals surface area contributed by atoms with Gasteiger partial charge in [0, 0.05) is 10.2 Å². The Kier molecular flexibility index (Phi) is 4.49. The Hall–Kier alpha value is -0.950. The van der Waals surface area contributed by atoms with Crippen molar-refractivity contribution in [2.24, 2.45) is 0 Å². The molecule has 1 aromatic heterocycles. The zero-order valence-corrected chi connectivity index (χ0v) is 13.4. The van der Waals surface area contributed by atoms with Gasteiger partial charge in [-0.25, -0.2) is 0 Å². The van der Waals surface area contributed by atoms with Gasteiger partial charge < -0.3 is 9.73 Å². The summed E-state index contributed by atoms with van der Waals surface area (Å²) in [7, 11) is 0. The largest absolute Gasteiger partial charge is 0.452 e. The predicted molar refractivity (Wildman–Crippen MR) is 77.6 cm³/mol. The van der Waals surface area contributed by atoms with E-state index in [1.807, 2.05) is 0 Å². The van der Waals surface area contributed by atoms with Crippen LogP contribution in [0.15, 0.2) is 43.9 Å². The van der Waals surface area contributed by atoms with E-state index in [2.05, 4.69) is 37.2 Å². The third-order valence-electron chi connectivity index (χ3n) is 2.69. The van der Waals surface area contributed by atoms with Crippen LogP contribution >= 0.6 is 31.9 Å². The van der Waals surface area contributed by atoms with E-state index in [0.29, 0.717) is 20.6 Å². The summed E-state index contributed by atoms with van der Waals surface area (Å²) in [4.78, 5) is 0. The SMILES string of the molecule is CC(Nc1cc(C(F)(F)F)ccc1Br)c1ccc(Br)o1. The number of rotatable bonds is 3. The zero-order chi connectivity index (χ0) is 14.9. The predicted octanol–water partition coefficient (Wildman–Crippen LogP) is 6.00. The highest BCUT2D eigenvalue weighted by molar-refractivity contribution is 9.10. The molecule has 0 aliphatic carbocycles. The molecule has 0 aliphatic rings. The van der Waals surface area contributed by atoms with Crippen LogP contribution in [-0.2, 0) is 6.18 Å². The van der Waals surface area contributed by atoms with Crippen LogP contribution in [0.1, 0.15) is 24.3 Å². The number of halogens is 5. The van der Waals surface area contributed by atoms with Gasteiger partial charge in [-0.05, 0) is 69.1 Å². The van der Waals surface area contributed by atoms with E-state index in [9.17, 15) is 13.2 Å². The van der Waals surface area contributed by atoms with Crippen LogP contribution < -0.4 is 5.32 Å². The fourth-order valence-electron chi connectivity index (χ4n) is 1.68. The molecular weight excluding hydrogens is 403 g/mol. The number of hydrogen-bond acceptors (Lipinski definition) is 2. The minimum Gasteiger partial charge on any atom is -0.452 e. The molecule has 0 saturated heterocycles. The van der Waals surface area contributed by atoms with Gasteiger partial charge >= 0.3 is 6.18 Å². The van der Waals surface area contributed by atoms with Gasteiger partial charge in [0.15, 0.2) is 4.67 Å². The second-order valence-corrected chi connectivity index (χ2v) is 5.84. The summed E-state index contributed by atoms with van der Waals surface area (Å²) < 4.78 is 44.6. The van der Waals surface area contributed by atoms with Crippen molar-refractivity contribution in [3.8, 4) is 0 Å². The van der Waals surface area contributed by atoms with Crippen molar-refractivity contribution >= 4 is 37.5 Å². The third kappa shape index (κ3) is 3.58. The van der Waals surface area contributed by atoms with Gasteiger partial charge in [0.1, 0.15) is 5.76 Å². The van der Waals surface area contributed by atoms with E-state index in [-0.39, 0.29) is 6.04 Å². The van der Waals surface area contributed by atoms with E-state index >= 15 is 0 Å². The smallest absolute Gasteiger partial charge is 0.416 e. The first-order valence-electron chi connectivity index (χ1n) is 5.66. The molecule has 2 rings (SSSR count). The number of nitrogens with one attached hydrogen (secondary N) is 1. The molecule has 1 N–H and O–H groups in total. The number of furan rings is 1. The first-order chi connectivity index (χ1) is 9.27. The second-order valence-electron chi connectivity index (χ2n) is 4.20. The van der Waals surface area contributed by atoms with Crippen molar-refractivity contribution in [2.45, 2.75) is 19.1 Å². The molecule has 1 unspecified atom stereocenters. The zero-order valence-electron chi connectivity index (χ0n) is 10.3. The standard InChI is InChI=1S/C13H10Br2F3NO/c1-7(11-4-5-12(15)20-11)19-10-6-8(13(16,17)18)2-3-9(10)14/h2-7,19H,1H3. The molecule has 1 atom stereocenters. The maximum Gasteiger partial charge on any atom is 0.416 e. The van der Waals surface area contributed by atoms with E-state index in [1.54, 1.807) is 19.1 Å². The summed E-state index contributed by atoms with van der Waals surface area (Å²) in [5.41, 5.74) is -0.337. The molecule has 1 aromatic carbocycles. The van der Waals surface area contributed by atoms with E-state index in [1.165, 1.54) is 6.07 Å². The van der Waals surface area contributed by atoms with Gasteiger partial charge in [0.05, 0.1) is 11.6 Å². The molecular formula is C13H10Br2F3NO. The number of hydrogen-bond donors (Lipinski definition) is 1. The molecule has 2 nitrogen and oxygen atoms in total. The van der Waals surface area contributed by atoms with Gasteiger partial charge in [0.2, 0.25) is 0 Å². The fraction of sp³-hybridized carbons (Fsp3) is 0.231. The van der Waals surface area contributed by atoms with Gasteiger partial charge in [0.25, 0.3) is 0 Å². The molecule has 0 bridgehead atoms. The van der Waals surface area contributed by atoms with Gasteiger partial charge in [-0.15, -0.1) is 0 Å². The van der Waals surface area contributed by atoms with Crippen molar-refractivity contribution in [3.05, 3.63) is 50.8 Å². The molecule has 0 amide bonds. The number of benzene rings is 1. The van der Waals surface area contributed by atoms with E-state index in [0.717, 1.165) is 12.1 Å². The highest BCUT2D eigenvalue weighted by atomic mass is 79.9. The second kappa shape index (κ2) is 5.81. The van der Waals surface area contributed by atoms with Crippen LogP contribution in [0, 0.1) is 0 Å². The molecule has 0 fully saturated rings. The Morgan fingerprint density at radius 2 is 1.85 bits per heavy atom. The van der Waals surface area contributed by atoms with Gasteiger partial charge in [-0.2, -0.15) is 13.2 Å². The average molecular weight is 413 g/mol. The molecule has 20 heavy (non-hydrogen) atoms. The normalized spacial score (nSPS) is 13.3. The van der Waals surface area contributed by atoms with Crippen LogP contribution in [0.5, 0.6) is 0 Å². The Morgan fingerprint density at radius 1 is 1.15 bits per heavy atom. The van der Waals surface area contributed by atoms with Crippen molar-refractivity contribution in [1.82, 2.24) is 0 Å². The van der Waals surface area contributed by atoms with Crippen molar-refractivity contribution in [2.75, 3.05) is 5.32 Å². The monoisotopic (exact) mass is 411 g/mol. The molecule has 0 radical (unpaired) electrons. The van der Waals surface area contributed by atoms with Crippen LogP contribution in [-0.4, -0.2) is 0 Å². The van der Waals surface area contributed by atoms with Crippen molar-refractivity contribution in [3.63, 3.8) is 0 Å². The summed E-state index contributed by atoms with van der Waals surface area (Å²) in [6, 6.07) is 6.69. The Balaban J connectivity index is 2.24. The molecule has 1 heterocycles. The van der Waals surface area contributed by atoms with E-state index in [4.69, 9.17) is 4.42 Å². The summed E-state index contributed by atoms with van der Waals surface area (Å²) in [6.07, 6.45) is -4.37. The minimum absolute atomic E-state index is 0.263. The summed E-state index contributed by atoms with van der Waals surface area (Å²) in [5, 5.41) is 2.99. The quantitative estimate of drug-likeness (QED) is 0.669. The van der Waals surface area contributed by atoms with Crippen LogP contribution in [0.4, 0.5) is 18.9 Å². The maximum atomic E-state index is 12.7. The van der Waals surface area contributed by atoms with Crippen molar-refractivity contribution in [1.29, 1.82) is 0 Å².